The molecule has 2 amide bonds. The molecule has 0 bridgehead atoms. The molecule has 4 rings (SSSR count). The molecule has 30 heavy (non-hydrogen) atoms. The molecule has 0 spiro atoms. The zero-order valence-electron chi connectivity index (χ0n) is 17.4. The third-order valence-corrected chi connectivity index (χ3v) is 5.92. The van der Waals surface area contributed by atoms with E-state index >= 15 is 0 Å². The zero-order chi connectivity index (χ0) is 21.1. The van der Waals surface area contributed by atoms with Gasteiger partial charge in [-0.05, 0) is 31.4 Å². The smallest absolute Gasteiger partial charge is 0.374 e. The Labute approximate surface area is 176 Å². The van der Waals surface area contributed by atoms with Crippen molar-refractivity contribution in [3.63, 3.8) is 0 Å². The van der Waals surface area contributed by atoms with E-state index in [4.69, 9.17) is 4.74 Å². The number of para-hydroxylation sites is 1. The molecular weight excluding hydrogens is 382 g/mol. The first-order valence-corrected chi connectivity index (χ1v) is 10.5. The molecule has 1 saturated heterocycles. The van der Waals surface area contributed by atoms with E-state index < -0.39 is 5.97 Å². The van der Waals surface area contributed by atoms with Gasteiger partial charge in [-0.3, -0.25) is 9.88 Å². The highest BCUT2D eigenvalue weighted by Crippen LogP contribution is 2.28. The molecule has 0 radical (unpaired) electrons. The number of carbonyl (C=O) groups excluding carboxylic acids is 2. The van der Waals surface area contributed by atoms with Crippen LogP contribution in [0.4, 0.5) is 16.3 Å². The summed E-state index contributed by atoms with van der Waals surface area (Å²) in [6.07, 6.45) is 3.23. The number of carbonyl (C=O) groups is 2. The molecule has 2 aliphatic heterocycles. The van der Waals surface area contributed by atoms with Crippen molar-refractivity contribution in [2.75, 3.05) is 36.5 Å². The minimum absolute atomic E-state index is 0.0229. The lowest BCUT2D eigenvalue weighted by Crippen LogP contribution is -2.54. The van der Waals surface area contributed by atoms with E-state index in [-0.39, 0.29) is 18.0 Å². The summed E-state index contributed by atoms with van der Waals surface area (Å²) in [6.45, 7) is 6.55. The molecule has 1 aromatic carbocycles. The van der Waals surface area contributed by atoms with Gasteiger partial charge in [0.1, 0.15) is 0 Å². The molecule has 2 N–H and O–H groups in total. The number of esters is 1. The van der Waals surface area contributed by atoms with Crippen LogP contribution in [0.1, 0.15) is 36.3 Å². The van der Waals surface area contributed by atoms with Gasteiger partial charge in [-0.15, -0.1) is 4.98 Å². The molecule has 3 heterocycles. The summed E-state index contributed by atoms with van der Waals surface area (Å²) in [5.74, 6) is 0.695. The first kappa shape index (κ1) is 20.1. The Bertz CT molecular complexity index is 934. The van der Waals surface area contributed by atoms with E-state index in [0.717, 1.165) is 37.4 Å². The summed E-state index contributed by atoms with van der Waals surface area (Å²) in [5, 5.41) is 3.07. The Balaban J connectivity index is 1.44. The fourth-order valence-corrected chi connectivity index (χ4v) is 4.40. The van der Waals surface area contributed by atoms with Crippen molar-refractivity contribution in [3.05, 3.63) is 47.9 Å². The van der Waals surface area contributed by atoms with Gasteiger partial charge in [0.15, 0.2) is 0 Å². The maximum Gasteiger partial charge on any atom is 0.374 e. The number of nitrogens with zero attached hydrogens (tertiary/aromatic N) is 3. The molecule has 158 valence electrons. The van der Waals surface area contributed by atoms with Crippen molar-refractivity contribution in [2.24, 2.45) is 5.92 Å². The number of nitrogens with one attached hydrogen (secondary N) is 2. The first-order valence-electron chi connectivity index (χ1n) is 10.5. The predicted molar refractivity (Wildman–Crippen MR) is 112 cm³/mol. The average Bonchev–Trinajstić information content (AvgIpc) is 2.92. The Morgan fingerprint density at radius 2 is 2.17 bits per heavy atom. The van der Waals surface area contributed by atoms with Crippen LogP contribution < -0.4 is 15.2 Å². The van der Waals surface area contributed by atoms with Crippen molar-refractivity contribution in [1.29, 1.82) is 0 Å². The summed E-state index contributed by atoms with van der Waals surface area (Å²) >= 11 is 0. The van der Waals surface area contributed by atoms with Crippen LogP contribution in [-0.2, 0) is 11.2 Å². The van der Waals surface area contributed by atoms with E-state index in [2.05, 4.69) is 33.2 Å². The lowest BCUT2D eigenvalue weighted by Gasteiger charge is -2.40. The number of anilines is 2. The van der Waals surface area contributed by atoms with Gasteiger partial charge < -0.3 is 15.0 Å². The standard InChI is InChI=1S/C22H27N5O3/c1-3-30-21(28)18-12-20(24-14-23-18)26-10-9-19(15(2)13-26)27-11-8-16-6-4-5-7-17(16)25-22(27)29/h4-7,12,14-15,19H,3,8-11,13H2,1-2H3,(H,25,29)/p+1/t15-,19?/m1/s1. The second kappa shape index (κ2) is 8.69. The first-order chi connectivity index (χ1) is 14.6. The summed E-state index contributed by atoms with van der Waals surface area (Å²) in [5.41, 5.74) is 2.38. The van der Waals surface area contributed by atoms with E-state index in [1.165, 1.54) is 11.9 Å². The monoisotopic (exact) mass is 410 g/mol. The Morgan fingerprint density at radius 1 is 1.33 bits per heavy atom. The van der Waals surface area contributed by atoms with E-state index in [1.807, 2.05) is 23.1 Å². The van der Waals surface area contributed by atoms with Gasteiger partial charge in [-0.2, -0.15) is 0 Å². The topological polar surface area (TPSA) is 88.9 Å². The number of aromatic nitrogens is 2. The maximum absolute atomic E-state index is 12.9. The van der Waals surface area contributed by atoms with Crippen LogP contribution in [0.3, 0.4) is 0 Å². The summed E-state index contributed by atoms with van der Waals surface area (Å²) in [4.78, 5) is 36.3. The van der Waals surface area contributed by atoms with Crippen LogP contribution in [-0.4, -0.2) is 54.2 Å². The zero-order valence-corrected chi connectivity index (χ0v) is 17.4. The van der Waals surface area contributed by atoms with Crippen LogP contribution in [0.5, 0.6) is 0 Å². The minimum atomic E-state index is -0.420. The van der Waals surface area contributed by atoms with Crippen LogP contribution in [0, 0.1) is 5.92 Å². The van der Waals surface area contributed by atoms with E-state index in [9.17, 15) is 9.59 Å². The molecular formula is C22H28N5O3+. The molecule has 2 atom stereocenters. The molecule has 0 saturated carbocycles. The maximum atomic E-state index is 12.9. The molecule has 0 aliphatic carbocycles. The van der Waals surface area contributed by atoms with Crippen LogP contribution >= 0.6 is 0 Å². The Hall–Kier alpha value is -3.16. The summed E-state index contributed by atoms with van der Waals surface area (Å²) in [6, 6.07) is 9.88. The number of ether oxygens (including phenoxy) is 1. The SMILES string of the molecule is CCOC(=O)c1cc(N2CCC(N3CCc4ccccc4NC3=O)[C@H](C)C2)[nH+]cn1. The highest BCUT2D eigenvalue weighted by molar-refractivity contribution is 5.91. The van der Waals surface area contributed by atoms with Gasteiger partial charge in [0.2, 0.25) is 17.8 Å². The largest absolute Gasteiger partial charge is 0.460 e. The van der Waals surface area contributed by atoms with Crippen LogP contribution in [0.2, 0.25) is 0 Å². The molecule has 1 unspecified atom stereocenters. The quantitative estimate of drug-likeness (QED) is 0.782. The number of amides is 2. The third kappa shape index (κ3) is 4.08. The number of aromatic amines is 1. The fraction of sp³-hybridized carbons (Fsp3) is 0.455. The van der Waals surface area contributed by atoms with Crippen molar-refractivity contribution in [1.82, 2.24) is 9.88 Å². The lowest BCUT2D eigenvalue weighted by atomic mass is 9.92. The number of rotatable bonds is 4. The van der Waals surface area contributed by atoms with Crippen LogP contribution in [0.25, 0.3) is 0 Å². The van der Waals surface area contributed by atoms with Gasteiger partial charge in [0.05, 0.1) is 25.8 Å². The normalized spacial score (nSPS) is 21.5. The van der Waals surface area contributed by atoms with Gasteiger partial charge in [-0.25, -0.2) is 9.59 Å². The van der Waals surface area contributed by atoms with E-state index in [0.29, 0.717) is 18.8 Å². The second-order valence-corrected chi connectivity index (χ2v) is 7.85. The van der Waals surface area contributed by atoms with E-state index in [1.54, 1.807) is 13.0 Å². The van der Waals surface area contributed by atoms with Gasteiger partial charge >= 0.3 is 12.0 Å². The number of hydrogen-bond donors (Lipinski definition) is 1. The summed E-state index contributed by atoms with van der Waals surface area (Å²) in [7, 11) is 0. The number of benzene rings is 1. The van der Waals surface area contributed by atoms with Crippen molar-refractivity contribution in [2.45, 2.75) is 32.7 Å². The van der Waals surface area contributed by atoms with Crippen molar-refractivity contribution < 1.29 is 19.3 Å². The number of hydrogen-bond acceptors (Lipinski definition) is 5. The minimum Gasteiger partial charge on any atom is -0.460 e. The number of piperidine rings is 1. The molecule has 8 nitrogen and oxygen atoms in total. The van der Waals surface area contributed by atoms with Gasteiger partial charge in [-0.1, -0.05) is 25.1 Å². The molecule has 2 aromatic rings. The lowest BCUT2D eigenvalue weighted by molar-refractivity contribution is -0.369. The van der Waals surface area contributed by atoms with Crippen molar-refractivity contribution >= 4 is 23.5 Å². The number of urea groups is 1. The van der Waals surface area contributed by atoms with Gasteiger partial charge in [0.25, 0.3) is 0 Å². The summed E-state index contributed by atoms with van der Waals surface area (Å²) < 4.78 is 5.05. The number of fused-ring (bicyclic) bond motifs is 1. The Kier molecular flexibility index (Phi) is 5.83. The highest BCUT2D eigenvalue weighted by atomic mass is 16.5. The fourth-order valence-electron chi connectivity index (χ4n) is 4.40. The molecule has 1 aromatic heterocycles. The second-order valence-electron chi connectivity index (χ2n) is 7.85. The number of H-pyrrole nitrogens is 1. The third-order valence-electron chi connectivity index (χ3n) is 5.92. The Morgan fingerprint density at radius 3 is 2.97 bits per heavy atom. The van der Waals surface area contributed by atoms with Crippen molar-refractivity contribution in [3.8, 4) is 0 Å². The highest BCUT2D eigenvalue weighted by Gasteiger charge is 2.36. The predicted octanol–water partition coefficient (Wildman–Crippen LogP) is 2.38. The van der Waals surface area contributed by atoms with Crippen LogP contribution in [0.15, 0.2) is 36.7 Å². The molecule has 2 aliphatic rings. The van der Waals surface area contributed by atoms with Gasteiger partial charge in [0, 0.05) is 24.2 Å². The average molecular weight is 410 g/mol. The molecule has 1 fully saturated rings. The molecule has 8 heteroatoms.